The van der Waals surface area contributed by atoms with Gasteiger partial charge in [-0.05, 0) is 31.5 Å². The third-order valence-electron chi connectivity index (χ3n) is 2.27. The van der Waals surface area contributed by atoms with Gasteiger partial charge in [0, 0.05) is 5.69 Å². The molecule has 2 aromatic rings. The highest BCUT2D eigenvalue weighted by atomic mass is 19.1. The van der Waals surface area contributed by atoms with E-state index in [1.54, 1.807) is 13.0 Å². The fraction of sp³-hybridized carbons (Fsp3) is 0.273. The maximum absolute atomic E-state index is 13.1. The molecule has 6 heteroatoms. The molecule has 0 aliphatic heterocycles. The standard InChI is InChI=1S/C11H13FN4O/c1-6-3-4-8(12)5-9(6)14-11-16-15-10(17-11)7(2)13/h3-5,7H,13H2,1-2H3,(H,14,16). The average molecular weight is 236 g/mol. The second kappa shape index (κ2) is 4.50. The zero-order chi connectivity index (χ0) is 12.4. The summed E-state index contributed by atoms with van der Waals surface area (Å²) >= 11 is 0. The van der Waals surface area contributed by atoms with Gasteiger partial charge >= 0.3 is 6.01 Å². The van der Waals surface area contributed by atoms with Gasteiger partial charge in [-0.15, -0.1) is 5.10 Å². The van der Waals surface area contributed by atoms with Crippen molar-refractivity contribution >= 4 is 11.7 Å². The van der Waals surface area contributed by atoms with E-state index in [4.69, 9.17) is 10.2 Å². The third kappa shape index (κ3) is 2.59. The predicted octanol–water partition coefficient (Wildman–Crippen LogP) is 2.28. The summed E-state index contributed by atoms with van der Waals surface area (Å²) in [7, 11) is 0. The predicted molar refractivity (Wildman–Crippen MR) is 61.3 cm³/mol. The second-order valence-electron chi connectivity index (χ2n) is 3.82. The van der Waals surface area contributed by atoms with Crippen molar-refractivity contribution in [1.29, 1.82) is 0 Å². The van der Waals surface area contributed by atoms with Gasteiger partial charge in [0.25, 0.3) is 0 Å². The molecular weight excluding hydrogens is 223 g/mol. The number of rotatable bonds is 3. The number of nitrogens with two attached hydrogens (primary N) is 1. The van der Waals surface area contributed by atoms with Crippen molar-refractivity contribution in [3.63, 3.8) is 0 Å². The summed E-state index contributed by atoms with van der Waals surface area (Å²) in [6.07, 6.45) is 0. The van der Waals surface area contributed by atoms with Gasteiger partial charge < -0.3 is 15.5 Å². The molecule has 0 bridgehead atoms. The molecule has 0 aliphatic rings. The van der Waals surface area contributed by atoms with Crippen molar-refractivity contribution in [3.8, 4) is 0 Å². The number of nitrogens with zero attached hydrogens (tertiary/aromatic N) is 2. The molecule has 0 spiro atoms. The van der Waals surface area contributed by atoms with Gasteiger partial charge in [0.15, 0.2) is 0 Å². The van der Waals surface area contributed by atoms with Gasteiger partial charge in [0.05, 0.1) is 6.04 Å². The Morgan fingerprint density at radius 1 is 1.41 bits per heavy atom. The van der Waals surface area contributed by atoms with Crippen molar-refractivity contribution in [2.45, 2.75) is 19.9 Å². The van der Waals surface area contributed by atoms with Crippen LogP contribution in [0.4, 0.5) is 16.1 Å². The van der Waals surface area contributed by atoms with E-state index in [1.165, 1.54) is 12.1 Å². The molecule has 0 fully saturated rings. The summed E-state index contributed by atoms with van der Waals surface area (Å²) in [4.78, 5) is 0. The topological polar surface area (TPSA) is 77.0 Å². The number of hydrogen-bond donors (Lipinski definition) is 2. The molecule has 2 rings (SSSR count). The molecule has 90 valence electrons. The Bertz CT molecular complexity index is 524. The van der Waals surface area contributed by atoms with Crippen LogP contribution in [0.25, 0.3) is 0 Å². The molecule has 0 saturated heterocycles. The first-order chi connectivity index (χ1) is 8.06. The lowest BCUT2D eigenvalue weighted by molar-refractivity contribution is 0.475. The van der Waals surface area contributed by atoms with E-state index < -0.39 is 0 Å². The van der Waals surface area contributed by atoms with Crippen LogP contribution in [0.5, 0.6) is 0 Å². The summed E-state index contributed by atoms with van der Waals surface area (Å²) in [6.45, 7) is 3.59. The van der Waals surface area contributed by atoms with Crippen LogP contribution >= 0.6 is 0 Å². The Kier molecular flexibility index (Phi) is 3.06. The van der Waals surface area contributed by atoms with E-state index in [0.29, 0.717) is 11.6 Å². The van der Waals surface area contributed by atoms with Crippen LogP contribution in [0.2, 0.25) is 0 Å². The fourth-order valence-electron chi connectivity index (χ4n) is 1.31. The van der Waals surface area contributed by atoms with Gasteiger partial charge in [-0.2, -0.15) is 0 Å². The van der Waals surface area contributed by atoms with E-state index in [2.05, 4.69) is 15.5 Å². The molecule has 1 heterocycles. The van der Waals surface area contributed by atoms with Crippen molar-refractivity contribution in [3.05, 3.63) is 35.5 Å². The summed E-state index contributed by atoms with van der Waals surface area (Å²) in [5.74, 6) is 0.00610. The smallest absolute Gasteiger partial charge is 0.320 e. The van der Waals surface area contributed by atoms with Crippen LogP contribution in [0, 0.1) is 12.7 Å². The van der Waals surface area contributed by atoms with Crippen molar-refractivity contribution in [2.24, 2.45) is 5.73 Å². The molecule has 0 radical (unpaired) electrons. The lowest BCUT2D eigenvalue weighted by Crippen LogP contribution is -2.04. The van der Waals surface area contributed by atoms with E-state index in [0.717, 1.165) is 5.56 Å². The maximum Gasteiger partial charge on any atom is 0.320 e. The highest BCUT2D eigenvalue weighted by molar-refractivity contribution is 5.57. The van der Waals surface area contributed by atoms with Gasteiger partial charge in [-0.1, -0.05) is 11.2 Å². The Hall–Kier alpha value is -1.95. The van der Waals surface area contributed by atoms with Crippen LogP contribution < -0.4 is 11.1 Å². The number of halogens is 1. The largest absolute Gasteiger partial charge is 0.406 e. The fourth-order valence-corrected chi connectivity index (χ4v) is 1.31. The van der Waals surface area contributed by atoms with Gasteiger partial charge in [-0.25, -0.2) is 4.39 Å². The SMILES string of the molecule is Cc1ccc(F)cc1Nc1nnc(C(C)N)o1. The normalized spacial score (nSPS) is 12.5. The quantitative estimate of drug-likeness (QED) is 0.854. The molecule has 1 aromatic heterocycles. The third-order valence-corrected chi connectivity index (χ3v) is 2.27. The van der Waals surface area contributed by atoms with Gasteiger partial charge in [0.1, 0.15) is 5.82 Å². The molecule has 5 nitrogen and oxygen atoms in total. The highest BCUT2D eigenvalue weighted by Crippen LogP contribution is 2.21. The summed E-state index contributed by atoms with van der Waals surface area (Å²) in [5.41, 5.74) is 7.06. The van der Waals surface area contributed by atoms with Crippen LogP contribution in [0.15, 0.2) is 22.6 Å². The zero-order valence-corrected chi connectivity index (χ0v) is 9.57. The molecule has 0 amide bonds. The first kappa shape index (κ1) is 11.5. The van der Waals surface area contributed by atoms with Gasteiger partial charge in [-0.3, -0.25) is 0 Å². The van der Waals surface area contributed by atoms with Crippen LogP contribution in [-0.4, -0.2) is 10.2 Å². The molecule has 1 unspecified atom stereocenters. The summed E-state index contributed by atoms with van der Waals surface area (Å²) < 4.78 is 18.3. The van der Waals surface area contributed by atoms with Crippen molar-refractivity contribution < 1.29 is 8.81 Å². The lowest BCUT2D eigenvalue weighted by Gasteiger charge is -2.05. The number of benzene rings is 1. The summed E-state index contributed by atoms with van der Waals surface area (Å²) in [6, 6.07) is 4.30. The maximum atomic E-state index is 13.1. The molecule has 3 N–H and O–H groups in total. The monoisotopic (exact) mass is 236 g/mol. The van der Waals surface area contributed by atoms with Crippen LogP contribution in [0.3, 0.4) is 0 Å². The molecular formula is C11H13FN4O. The first-order valence-corrected chi connectivity index (χ1v) is 5.18. The minimum absolute atomic E-state index is 0.200. The van der Waals surface area contributed by atoms with E-state index in [1.807, 2.05) is 6.92 Å². The summed E-state index contributed by atoms with van der Waals surface area (Å²) in [5, 5.41) is 10.4. The first-order valence-electron chi connectivity index (χ1n) is 5.18. The number of hydrogen-bond acceptors (Lipinski definition) is 5. The Morgan fingerprint density at radius 2 is 2.18 bits per heavy atom. The van der Waals surface area contributed by atoms with E-state index in [-0.39, 0.29) is 17.9 Å². The van der Waals surface area contributed by atoms with E-state index in [9.17, 15) is 4.39 Å². The van der Waals surface area contributed by atoms with Crippen LogP contribution in [-0.2, 0) is 0 Å². The Balaban J connectivity index is 2.22. The van der Waals surface area contributed by atoms with E-state index >= 15 is 0 Å². The molecule has 1 aromatic carbocycles. The van der Waals surface area contributed by atoms with Gasteiger partial charge in [0.2, 0.25) is 5.89 Å². The average Bonchev–Trinajstić information content (AvgIpc) is 2.72. The molecule has 17 heavy (non-hydrogen) atoms. The second-order valence-corrected chi connectivity index (χ2v) is 3.82. The Labute approximate surface area is 97.8 Å². The highest BCUT2D eigenvalue weighted by Gasteiger charge is 2.10. The molecule has 0 saturated carbocycles. The minimum Gasteiger partial charge on any atom is -0.406 e. The van der Waals surface area contributed by atoms with Crippen LogP contribution in [0.1, 0.15) is 24.4 Å². The lowest BCUT2D eigenvalue weighted by atomic mass is 10.2. The van der Waals surface area contributed by atoms with Crippen molar-refractivity contribution in [1.82, 2.24) is 10.2 Å². The Morgan fingerprint density at radius 3 is 2.82 bits per heavy atom. The number of aromatic nitrogens is 2. The minimum atomic E-state index is -0.329. The number of nitrogens with one attached hydrogen (secondary N) is 1. The number of aryl methyl sites for hydroxylation is 1. The zero-order valence-electron chi connectivity index (χ0n) is 9.57. The molecule has 0 aliphatic carbocycles. The van der Waals surface area contributed by atoms with Crippen molar-refractivity contribution in [2.75, 3.05) is 5.32 Å². The molecule has 1 atom stereocenters. The number of anilines is 2.